The molecular weight excluding hydrogens is 426 g/mol. The van der Waals surface area contributed by atoms with E-state index in [4.69, 9.17) is 4.74 Å². The van der Waals surface area contributed by atoms with Crippen LogP contribution in [-0.2, 0) is 10.5 Å². The van der Waals surface area contributed by atoms with E-state index in [1.165, 1.54) is 16.5 Å². The molecule has 1 saturated heterocycles. The third-order valence-corrected chi connectivity index (χ3v) is 7.52. The smallest absolute Gasteiger partial charge is 0.278 e. The number of benzene rings is 2. The summed E-state index contributed by atoms with van der Waals surface area (Å²) < 4.78 is 7.46. The van der Waals surface area contributed by atoms with Crippen LogP contribution >= 0.6 is 11.8 Å². The Morgan fingerprint density at radius 3 is 2.66 bits per heavy atom. The summed E-state index contributed by atoms with van der Waals surface area (Å²) in [6, 6.07) is 17.7. The van der Waals surface area contributed by atoms with Gasteiger partial charge in [-0.15, -0.1) is 11.8 Å². The highest BCUT2D eigenvalue weighted by Crippen LogP contribution is 2.44. The second-order valence-corrected chi connectivity index (χ2v) is 9.10. The molecule has 3 aliphatic rings. The van der Waals surface area contributed by atoms with E-state index in [9.17, 15) is 14.7 Å². The first-order valence-electron chi connectivity index (χ1n) is 10.6. The molecule has 2 unspecified atom stereocenters. The number of carbonyl (C=O) groups is 1. The molecule has 3 aliphatic heterocycles. The minimum Gasteiger partial charge on any atom is -0.502 e. The van der Waals surface area contributed by atoms with E-state index in [1.54, 1.807) is 27.5 Å². The fraction of sp³-hybridized carbons (Fsp3) is 0.250. The predicted octanol–water partition coefficient (Wildman–Crippen LogP) is 2.70. The number of morpholine rings is 1. The molecule has 0 saturated carbocycles. The molecule has 2 atom stereocenters. The standard InChI is InChI=1S/C24H21N3O4S/c28-18-9-10-26-22(23(18)29)24(30)25-11-12-31-13-20(25)27(26)21-16-6-2-1-5-15(16)14-32-19-8-4-3-7-17(19)21/h1-10,20-21,29H,11-14H2. The van der Waals surface area contributed by atoms with Crippen LogP contribution in [0.5, 0.6) is 5.75 Å². The highest BCUT2D eigenvalue weighted by molar-refractivity contribution is 7.98. The van der Waals surface area contributed by atoms with Crippen LogP contribution < -0.4 is 10.4 Å². The zero-order valence-electron chi connectivity index (χ0n) is 17.2. The lowest BCUT2D eigenvalue weighted by Crippen LogP contribution is -2.66. The Hall–Kier alpha value is -3.23. The zero-order valence-corrected chi connectivity index (χ0v) is 18.0. The van der Waals surface area contributed by atoms with Gasteiger partial charge in [0.05, 0.1) is 19.3 Å². The molecule has 0 bridgehead atoms. The molecule has 8 heteroatoms. The number of rotatable bonds is 1. The van der Waals surface area contributed by atoms with Gasteiger partial charge >= 0.3 is 0 Å². The van der Waals surface area contributed by atoms with E-state index in [0.29, 0.717) is 19.8 Å². The second kappa shape index (κ2) is 7.43. The van der Waals surface area contributed by atoms with E-state index in [0.717, 1.165) is 16.9 Å². The average molecular weight is 448 g/mol. The van der Waals surface area contributed by atoms with Gasteiger partial charge in [0.2, 0.25) is 5.43 Å². The Kier molecular flexibility index (Phi) is 4.51. The number of hydrogen-bond acceptors (Lipinski definition) is 6. The Bertz CT molecular complexity index is 1240. The first-order chi connectivity index (χ1) is 15.6. The fourth-order valence-corrected chi connectivity index (χ4v) is 6.00. The zero-order chi connectivity index (χ0) is 21.8. The number of aromatic hydroxyl groups is 1. The lowest BCUT2D eigenvalue weighted by molar-refractivity contribution is -0.0197. The van der Waals surface area contributed by atoms with Crippen molar-refractivity contribution in [1.82, 2.24) is 9.58 Å². The van der Waals surface area contributed by atoms with Crippen LogP contribution in [0.3, 0.4) is 0 Å². The quantitative estimate of drug-likeness (QED) is 0.618. The Morgan fingerprint density at radius 2 is 1.78 bits per heavy atom. The van der Waals surface area contributed by atoms with Crippen LogP contribution in [0.2, 0.25) is 0 Å². The molecule has 162 valence electrons. The molecule has 1 amide bonds. The van der Waals surface area contributed by atoms with E-state index in [-0.39, 0.29) is 23.8 Å². The number of amides is 1. The van der Waals surface area contributed by atoms with Crippen molar-refractivity contribution in [3.63, 3.8) is 0 Å². The van der Waals surface area contributed by atoms with Gasteiger partial charge in [-0.3, -0.25) is 19.3 Å². The summed E-state index contributed by atoms with van der Waals surface area (Å²) in [7, 11) is 0. The maximum Gasteiger partial charge on any atom is 0.278 e. The van der Waals surface area contributed by atoms with Crippen molar-refractivity contribution in [2.45, 2.75) is 22.9 Å². The van der Waals surface area contributed by atoms with Gasteiger partial charge in [-0.2, -0.15) is 0 Å². The molecule has 0 spiro atoms. The van der Waals surface area contributed by atoms with Crippen molar-refractivity contribution in [3.8, 4) is 5.75 Å². The van der Waals surface area contributed by atoms with Crippen LogP contribution in [0.15, 0.2) is 70.5 Å². The van der Waals surface area contributed by atoms with Crippen LogP contribution in [0.25, 0.3) is 0 Å². The minimum absolute atomic E-state index is 0.00233. The molecule has 0 aliphatic carbocycles. The van der Waals surface area contributed by atoms with Gasteiger partial charge in [0.25, 0.3) is 5.91 Å². The van der Waals surface area contributed by atoms with Gasteiger partial charge in [-0.1, -0.05) is 42.5 Å². The topological polar surface area (TPSA) is 75.0 Å². The summed E-state index contributed by atoms with van der Waals surface area (Å²) in [5.74, 6) is -0.0322. The maximum atomic E-state index is 13.3. The first kappa shape index (κ1) is 19.5. The van der Waals surface area contributed by atoms with Crippen LogP contribution in [0, 0.1) is 0 Å². The van der Waals surface area contributed by atoms with Gasteiger partial charge in [0, 0.05) is 29.5 Å². The van der Waals surface area contributed by atoms with Crippen molar-refractivity contribution in [3.05, 3.63) is 93.4 Å². The first-order valence-corrected chi connectivity index (χ1v) is 11.5. The van der Waals surface area contributed by atoms with Crippen molar-refractivity contribution >= 4 is 17.7 Å². The van der Waals surface area contributed by atoms with Gasteiger partial charge in [0.1, 0.15) is 6.17 Å². The number of nitrogens with zero attached hydrogens (tertiary/aromatic N) is 3. The van der Waals surface area contributed by atoms with E-state index in [2.05, 4.69) is 29.3 Å². The Morgan fingerprint density at radius 1 is 1.00 bits per heavy atom. The van der Waals surface area contributed by atoms with Crippen molar-refractivity contribution < 1.29 is 14.6 Å². The average Bonchev–Trinajstić information content (AvgIpc) is 2.99. The largest absolute Gasteiger partial charge is 0.502 e. The number of carbonyl (C=O) groups excluding carboxylic acids is 1. The van der Waals surface area contributed by atoms with Gasteiger partial charge in [0.15, 0.2) is 11.4 Å². The molecule has 0 radical (unpaired) electrons. The molecule has 1 aromatic heterocycles. The van der Waals surface area contributed by atoms with Crippen molar-refractivity contribution in [2.24, 2.45) is 0 Å². The number of ether oxygens (including phenoxy) is 1. The van der Waals surface area contributed by atoms with Crippen LogP contribution in [0.1, 0.15) is 33.2 Å². The summed E-state index contributed by atoms with van der Waals surface area (Å²) in [4.78, 5) is 28.5. The van der Waals surface area contributed by atoms with Crippen molar-refractivity contribution in [1.29, 1.82) is 0 Å². The monoisotopic (exact) mass is 447 g/mol. The number of aromatic nitrogens is 1. The van der Waals surface area contributed by atoms with Gasteiger partial charge in [-0.05, 0) is 22.8 Å². The molecule has 4 heterocycles. The van der Waals surface area contributed by atoms with Gasteiger partial charge in [-0.25, -0.2) is 0 Å². The van der Waals surface area contributed by atoms with Crippen molar-refractivity contribution in [2.75, 3.05) is 24.8 Å². The SMILES string of the molecule is O=C1c2c(O)c(=O)ccn2N(C2c3ccccc3CSc3ccccc32)C2COCCN12. The lowest BCUT2D eigenvalue weighted by Gasteiger charge is -2.51. The van der Waals surface area contributed by atoms with E-state index in [1.807, 2.05) is 24.3 Å². The predicted molar refractivity (Wildman–Crippen MR) is 121 cm³/mol. The minimum atomic E-state index is -0.562. The molecule has 6 rings (SSSR count). The summed E-state index contributed by atoms with van der Waals surface area (Å²) in [5.41, 5.74) is 2.90. The molecule has 3 aromatic rings. The third kappa shape index (κ3) is 2.79. The molecule has 2 aromatic carbocycles. The fourth-order valence-electron chi connectivity index (χ4n) is 4.91. The van der Waals surface area contributed by atoms with Crippen LogP contribution in [-0.4, -0.2) is 46.5 Å². The van der Waals surface area contributed by atoms with Crippen LogP contribution in [0.4, 0.5) is 0 Å². The summed E-state index contributed by atoms with van der Waals surface area (Å²) in [6.07, 6.45) is 1.21. The van der Waals surface area contributed by atoms with Gasteiger partial charge < -0.3 is 14.7 Å². The molecule has 1 N–H and O–H groups in total. The number of thioether (sulfide) groups is 1. The van der Waals surface area contributed by atoms with E-state index >= 15 is 0 Å². The number of pyridine rings is 1. The number of hydrogen-bond donors (Lipinski definition) is 1. The molecule has 32 heavy (non-hydrogen) atoms. The normalized spacial score (nSPS) is 21.8. The van der Waals surface area contributed by atoms with E-state index < -0.39 is 11.2 Å². The maximum absolute atomic E-state index is 13.3. The summed E-state index contributed by atoms with van der Waals surface area (Å²) in [6.45, 7) is 1.15. The summed E-state index contributed by atoms with van der Waals surface area (Å²) in [5, 5.41) is 12.7. The Labute approximate surface area is 188 Å². The highest BCUT2D eigenvalue weighted by Gasteiger charge is 2.45. The second-order valence-electron chi connectivity index (χ2n) is 8.08. The molecule has 1 fully saturated rings. The molecule has 7 nitrogen and oxygen atoms in total. The third-order valence-electron chi connectivity index (χ3n) is 6.39. The molecular formula is C24H21N3O4S. The Balaban J connectivity index is 1.66. The highest BCUT2D eigenvalue weighted by atomic mass is 32.2. The number of fused-ring (bicyclic) bond motifs is 4. The summed E-state index contributed by atoms with van der Waals surface area (Å²) >= 11 is 1.79. The lowest BCUT2D eigenvalue weighted by atomic mass is 9.93.